The molecule has 33 heavy (non-hydrogen) atoms. The van der Waals surface area contributed by atoms with Crippen molar-refractivity contribution in [3.63, 3.8) is 0 Å². The number of halogens is 2. The summed E-state index contributed by atoms with van der Waals surface area (Å²) in [5.74, 6) is -3.42. The van der Waals surface area contributed by atoms with Gasteiger partial charge in [0.05, 0.1) is 19.0 Å². The molecule has 2 amide bonds. The van der Waals surface area contributed by atoms with Crippen LogP contribution in [-0.4, -0.2) is 26.8 Å². The molecule has 8 nitrogen and oxygen atoms in total. The van der Waals surface area contributed by atoms with E-state index in [1.165, 1.54) is 6.07 Å². The van der Waals surface area contributed by atoms with E-state index in [1.807, 2.05) is 6.92 Å². The van der Waals surface area contributed by atoms with E-state index in [4.69, 9.17) is 0 Å². The molecule has 10 heteroatoms. The smallest absolute Gasteiger partial charge is 0.319 e. The number of aromatic nitrogens is 1. The number of anilines is 1. The summed E-state index contributed by atoms with van der Waals surface area (Å²) in [6.07, 6.45) is 0.709. The minimum Gasteiger partial charge on any atom is -0.505 e. The van der Waals surface area contributed by atoms with Gasteiger partial charge < -0.3 is 25.4 Å². The van der Waals surface area contributed by atoms with Crippen molar-refractivity contribution in [1.82, 2.24) is 9.88 Å². The van der Waals surface area contributed by atoms with Crippen LogP contribution >= 0.6 is 0 Å². The van der Waals surface area contributed by atoms with Crippen LogP contribution in [0, 0.1) is 18.6 Å². The lowest BCUT2D eigenvalue weighted by atomic mass is 10.0. The molecule has 0 radical (unpaired) electrons. The van der Waals surface area contributed by atoms with Crippen LogP contribution in [-0.2, 0) is 11.3 Å². The fraction of sp³-hybridized carbons (Fsp3) is 0.174. The van der Waals surface area contributed by atoms with Crippen molar-refractivity contribution in [2.75, 3.05) is 5.32 Å². The Kier molecular flexibility index (Phi) is 7.07. The molecule has 0 fully saturated rings. The van der Waals surface area contributed by atoms with Gasteiger partial charge >= 0.3 is 12.0 Å². The molecule has 3 rings (SSSR count). The highest BCUT2D eigenvalue weighted by molar-refractivity contribution is 5.91. The molecule has 0 bridgehead atoms. The molecule has 0 unspecified atom stereocenters. The number of hydrogen-bond donors (Lipinski definition) is 4. The number of nitrogens with zero attached hydrogens (tertiary/aromatic N) is 1. The van der Waals surface area contributed by atoms with Gasteiger partial charge in [0.2, 0.25) is 0 Å². The molecule has 0 aliphatic heterocycles. The van der Waals surface area contributed by atoms with Gasteiger partial charge in [-0.1, -0.05) is 35.9 Å². The second kappa shape index (κ2) is 9.94. The molecular weight excluding hydrogens is 436 g/mol. The number of carboxylic acids is 1. The Hall–Kier alpha value is -4.21. The average Bonchev–Trinajstić information content (AvgIpc) is 2.75. The second-order valence-electron chi connectivity index (χ2n) is 7.37. The highest BCUT2D eigenvalue weighted by Crippen LogP contribution is 2.21. The summed E-state index contributed by atoms with van der Waals surface area (Å²) in [6, 6.07) is 9.36. The molecule has 172 valence electrons. The lowest BCUT2D eigenvalue weighted by Crippen LogP contribution is -2.36. The van der Waals surface area contributed by atoms with Crippen molar-refractivity contribution in [3.05, 3.63) is 93.4 Å². The van der Waals surface area contributed by atoms with Crippen molar-refractivity contribution in [3.8, 4) is 5.75 Å². The minimum atomic E-state index is -1.15. The van der Waals surface area contributed by atoms with Crippen LogP contribution in [0.3, 0.4) is 0 Å². The molecule has 0 spiro atoms. The SMILES string of the molecule is Cc1ccc([C@H](CC(=O)O)NC(=O)Nc2c(O)ccn(Cc3c(F)cccc3F)c2=O)cc1. The van der Waals surface area contributed by atoms with Crippen LogP contribution in [0.5, 0.6) is 5.75 Å². The number of carbonyl (C=O) groups excluding carboxylic acids is 1. The zero-order valence-electron chi connectivity index (χ0n) is 17.5. The Morgan fingerprint density at radius 2 is 1.70 bits per heavy atom. The van der Waals surface area contributed by atoms with Crippen LogP contribution in [0.2, 0.25) is 0 Å². The van der Waals surface area contributed by atoms with Gasteiger partial charge in [0.25, 0.3) is 5.56 Å². The molecule has 1 heterocycles. The van der Waals surface area contributed by atoms with Gasteiger partial charge in [-0.3, -0.25) is 9.59 Å². The molecule has 4 N–H and O–H groups in total. The Balaban J connectivity index is 1.83. The third-order valence-electron chi connectivity index (χ3n) is 4.94. The maximum atomic E-state index is 14.0. The number of carbonyl (C=O) groups is 2. The van der Waals surface area contributed by atoms with Crippen molar-refractivity contribution >= 4 is 17.7 Å². The molecule has 1 aromatic heterocycles. The van der Waals surface area contributed by atoms with E-state index in [-0.39, 0.29) is 5.56 Å². The number of aryl methyl sites for hydroxylation is 1. The molecule has 1 atom stereocenters. The normalized spacial score (nSPS) is 11.6. The summed E-state index contributed by atoms with van der Waals surface area (Å²) in [6.45, 7) is 1.38. The van der Waals surface area contributed by atoms with Gasteiger partial charge in [0.1, 0.15) is 17.4 Å². The standard InChI is InChI=1S/C23H21F2N3O5/c1-13-5-7-14(8-6-13)18(11-20(30)31)26-23(33)27-21-19(29)9-10-28(22(21)32)12-15-16(24)3-2-4-17(15)25/h2-10,18,29H,11-12H2,1H3,(H,30,31)(H2,26,27,33)/t18-/m0/s1. The molecular formula is C23H21F2N3O5. The summed E-state index contributed by atoms with van der Waals surface area (Å²) in [5, 5.41) is 23.9. The summed E-state index contributed by atoms with van der Waals surface area (Å²) in [5.41, 5.74) is -0.314. The molecule has 0 aliphatic rings. The van der Waals surface area contributed by atoms with Crippen molar-refractivity contribution in [1.29, 1.82) is 0 Å². The summed E-state index contributed by atoms with van der Waals surface area (Å²) in [7, 11) is 0. The molecule has 0 saturated carbocycles. The van der Waals surface area contributed by atoms with Gasteiger partial charge in [-0.2, -0.15) is 0 Å². The van der Waals surface area contributed by atoms with E-state index in [9.17, 15) is 33.4 Å². The fourth-order valence-corrected chi connectivity index (χ4v) is 3.19. The first-order valence-electron chi connectivity index (χ1n) is 9.87. The number of aliphatic carboxylic acids is 1. The second-order valence-corrected chi connectivity index (χ2v) is 7.37. The van der Waals surface area contributed by atoms with Gasteiger partial charge in [-0.15, -0.1) is 0 Å². The van der Waals surface area contributed by atoms with Gasteiger partial charge in [0.15, 0.2) is 5.69 Å². The van der Waals surface area contributed by atoms with E-state index >= 15 is 0 Å². The Morgan fingerprint density at radius 3 is 2.30 bits per heavy atom. The number of carboxylic acid groups (broad SMARTS) is 1. The quantitative estimate of drug-likeness (QED) is 0.433. The van der Waals surface area contributed by atoms with Crippen LogP contribution in [0.4, 0.5) is 19.3 Å². The monoisotopic (exact) mass is 457 g/mol. The zero-order chi connectivity index (χ0) is 24.1. The number of nitrogens with one attached hydrogen (secondary N) is 2. The number of amides is 2. The molecule has 3 aromatic rings. The zero-order valence-corrected chi connectivity index (χ0v) is 17.5. The maximum absolute atomic E-state index is 14.0. The number of rotatable bonds is 7. The first-order chi connectivity index (χ1) is 15.7. The van der Waals surface area contributed by atoms with Crippen LogP contribution < -0.4 is 16.2 Å². The number of pyridine rings is 1. The van der Waals surface area contributed by atoms with Crippen molar-refractivity contribution in [2.45, 2.75) is 25.9 Å². The molecule has 2 aromatic carbocycles. The van der Waals surface area contributed by atoms with Gasteiger partial charge in [-0.25, -0.2) is 13.6 Å². The molecule has 0 saturated heterocycles. The average molecular weight is 457 g/mol. The predicted molar refractivity (Wildman–Crippen MR) is 116 cm³/mol. The lowest BCUT2D eigenvalue weighted by molar-refractivity contribution is -0.137. The van der Waals surface area contributed by atoms with Crippen LogP contribution in [0.15, 0.2) is 59.5 Å². The highest BCUT2D eigenvalue weighted by Gasteiger charge is 2.20. The summed E-state index contributed by atoms with van der Waals surface area (Å²) >= 11 is 0. The van der Waals surface area contributed by atoms with Crippen LogP contribution in [0.25, 0.3) is 0 Å². The third-order valence-corrected chi connectivity index (χ3v) is 4.94. The first-order valence-corrected chi connectivity index (χ1v) is 9.87. The number of benzene rings is 2. The minimum absolute atomic E-state index is 0.360. The first kappa shape index (κ1) is 23.5. The van der Waals surface area contributed by atoms with Crippen molar-refractivity contribution < 1.29 is 28.6 Å². The maximum Gasteiger partial charge on any atom is 0.319 e. The lowest BCUT2D eigenvalue weighted by Gasteiger charge is -2.18. The number of aromatic hydroxyl groups is 1. The third kappa shape index (κ3) is 5.73. The van der Waals surface area contributed by atoms with E-state index < -0.39 is 59.6 Å². The van der Waals surface area contributed by atoms with E-state index in [2.05, 4.69) is 10.6 Å². The van der Waals surface area contributed by atoms with Crippen LogP contribution in [0.1, 0.15) is 29.2 Å². The van der Waals surface area contributed by atoms with E-state index in [0.717, 1.165) is 34.5 Å². The number of urea groups is 1. The largest absolute Gasteiger partial charge is 0.505 e. The Bertz CT molecular complexity index is 1220. The van der Waals surface area contributed by atoms with Crippen molar-refractivity contribution in [2.24, 2.45) is 0 Å². The van der Waals surface area contributed by atoms with Gasteiger partial charge in [-0.05, 0) is 30.7 Å². The summed E-state index contributed by atoms with van der Waals surface area (Å²) in [4.78, 5) is 36.5. The fourth-order valence-electron chi connectivity index (χ4n) is 3.19. The molecule has 0 aliphatic carbocycles. The topological polar surface area (TPSA) is 121 Å². The predicted octanol–water partition coefficient (Wildman–Crippen LogP) is 3.53. The highest BCUT2D eigenvalue weighted by atomic mass is 19.1. The van der Waals surface area contributed by atoms with E-state index in [0.29, 0.717) is 5.56 Å². The van der Waals surface area contributed by atoms with E-state index in [1.54, 1.807) is 24.3 Å². The Labute approximate surface area is 187 Å². The number of hydrogen-bond acceptors (Lipinski definition) is 4. The Morgan fingerprint density at radius 1 is 1.06 bits per heavy atom. The van der Waals surface area contributed by atoms with Gasteiger partial charge in [0, 0.05) is 11.8 Å². The summed E-state index contributed by atoms with van der Waals surface area (Å²) < 4.78 is 28.8.